The maximum Gasteiger partial charge on any atom is 0.270 e. The summed E-state index contributed by atoms with van der Waals surface area (Å²) in [6, 6.07) is 14.8. The van der Waals surface area contributed by atoms with E-state index in [0.29, 0.717) is 65.2 Å². The van der Waals surface area contributed by atoms with E-state index in [1.165, 1.54) is 6.33 Å². The van der Waals surface area contributed by atoms with Gasteiger partial charge in [-0.15, -0.1) is 0 Å². The van der Waals surface area contributed by atoms with Crippen LogP contribution in [0.25, 0.3) is 10.9 Å². The molecule has 0 atom stereocenters. The van der Waals surface area contributed by atoms with Crippen molar-refractivity contribution in [2.45, 2.75) is 13.3 Å². The number of nitro groups is 1. The van der Waals surface area contributed by atoms with Gasteiger partial charge in [-0.1, -0.05) is 11.6 Å². The standard InChI is InChI=1S/C34H31ClFN7O6/c1-21-3-6-24(19-37-21)49-31-8-4-22(15-27(31)35)40-33-26-17-30(41-34(44)25-16-23(43(45)46)5-7-28(25)36)32(18-29(26)38-20-39-33)48-12-2-9-42-10-13-47-14-11-42/h3-8,15-20H,2,9-14H2,1H3,(H,41,44)(H,38,39,40). The van der Waals surface area contributed by atoms with E-state index >= 15 is 0 Å². The molecule has 13 nitrogen and oxygen atoms in total. The zero-order chi connectivity index (χ0) is 34.3. The first kappa shape index (κ1) is 33.5. The van der Waals surface area contributed by atoms with Crippen LogP contribution in [-0.2, 0) is 4.74 Å². The Labute approximate surface area is 285 Å². The molecule has 1 aliphatic heterocycles. The molecule has 5 aromatic rings. The molecule has 2 aromatic heterocycles. The minimum absolute atomic E-state index is 0.195. The third-order valence-corrected chi connectivity index (χ3v) is 7.97. The molecule has 1 saturated heterocycles. The Morgan fingerprint density at radius 1 is 1.06 bits per heavy atom. The molecule has 252 valence electrons. The molecule has 15 heteroatoms. The summed E-state index contributed by atoms with van der Waals surface area (Å²) in [6.07, 6.45) is 3.69. The summed E-state index contributed by atoms with van der Waals surface area (Å²) in [5.41, 5.74) is 1.23. The summed E-state index contributed by atoms with van der Waals surface area (Å²) in [7, 11) is 0. The van der Waals surface area contributed by atoms with Crippen LogP contribution in [0.3, 0.4) is 0 Å². The summed E-state index contributed by atoms with van der Waals surface area (Å²) in [6.45, 7) is 6.03. The second-order valence-electron chi connectivity index (χ2n) is 11.1. The van der Waals surface area contributed by atoms with Crippen molar-refractivity contribution in [1.82, 2.24) is 19.9 Å². The van der Waals surface area contributed by atoms with Gasteiger partial charge in [-0.05, 0) is 55.8 Å². The van der Waals surface area contributed by atoms with Gasteiger partial charge in [0.15, 0.2) is 0 Å². The molecule has 49 heavy (non-hydrogen) atoms. The van der Waals surface area contributed by atoms with Gasteiger partial charge in [-0.25, -0.2) is 14.4 Å². The van der Waals surface area contributed by atoms with Crippen molar-refractivity contribution in [3.8, 4) is 17.2 Å². The van der Waals surface area contributed by atoms with E-state index in [1.807, 2.05) is 13.0 Å². The number of aryl methyl sites for hydroxylation is 1. The quantitative estimate of drug-likeness (QED) is 0.0798. The van der Waals surface area contributed by atoms with E-state index in [0.717, 1.165) is 43.5 Å². The number of carbonyl (C=O) groups is 1. The molecule has 0 saturated carbocycles. The zero-order valence-electron chi connectivity index (χ0n) is 26.3. The second kappa shape index (κ2) is 15.2. The molecule has 3 heterocycles. The van der Waals surface area contributed by atoms with E-state index in [1.54, 1.807) is 42.6 Å². The number of halogens is 2. The number of hydrogen-bond acceptors (Lipinski definition) is 11. The van der Waals surface area contributed by atoms with Crippen molar-refractivity contribution in [3.63, 3.8) is 0 Å². The number of anilines is 3. The molecule has 2 N–H and O–H groups in total. The van der Waals surface area contributed by atoms with E-state index < -0.39 is 27.9 Å². The number of hydrogen-bond donors (Lipinski definition) is 2. The topological polar surface area (TPSA) is 154 Å². The fourth-order valence-electron chi connectivity index (χ4n) is 5.13. The number of rotatable bonds is 12. The van der Waals surface area contributed by atoms with Crippen LogP contribution in [0.15, 0.2) is 73.2 Å². The fraction of sp³-hybridized carbons (Fsp3) is 0.235. The van der Waals surface area contributed by atoms with Crippen LogP contribution < -0.4 is 20.1 Å². The smallest absolute Gasteiger partial charge is 0.270 e. The largest absolute Gasteiger partial charge is 0.491 e. The van der Waals surface area contributed by atoms with E-state index in [9.17, 15) is 19.3 Å². The molecule has 0 radical (unpaired) electrons. The number of benzene rings is 3. The predicted octanol–water partition coefficient (Wildman–Crippen LogP) is 6.92. The highest BCUT2D eigenvalue weighted by molar-refractivity contribution is 6.32. The highest BCUT2D eigenvalue weighted by Crippen LogP contribution is 2.36. The molecule has 1 aliphatic rings. The summed E-state index contributed by atoms with van der Waals surface area (Å²) in [4.78, 5) is 39.2. The van der Waals surface area contributed by atoms with Crippen LogP contribution in [0.4, 0.5) is 27.3 Å². The van der Waals surface area contributed by atoms with Gasteiger partial charge >= 0.3 is 0 Å². The third kappa shape index (κ3) is 8.35. The minimum Gasteiger partial charge on any atom is -0.491 e. The number of nitrogens with zero attached hydrogens (tertiary/aromatic N) is 5. The highest BCUT2D eigenvalue weighted by Gasteiger charge is 2.20. The van der Waals surface area contributed by atoms with Gasteiger partial charge in [0.2, 0.25) is 0 Å². The van der Waals surface area contributed by atoms with Crippen LogP contribution in [0.2, 0.25) is 5.02 Å². The number of nitro benzene ring substituents is 1. The fourth-order valence-corrected chi connectivity index (χ4v) is 5.34. The SMILES string of the molecule is Cc1ccc(Oc2ccc(Nc3ncnc4cc(OCCCN5CCOCC5)c(NC(=O)c5cc([N+](=O)[O-])ccc5F)cc34)cc2Cl)cn1. The third-order valence-electron chi connectivity index (χ3n) is 7.68. The lowest BCUT2D eigenvalue weighted by Gasteiger charge is -2.26. The first-order chi connectivity index (χ1) is 23.7. The predicted molar refractivity (Wildman–Crippen MR) is 182 cm³/mol. The lowest BCUT2D eigenvalue weighted by Crippen LogP contribution is -2.37. The second-order valence-corrected chi connectivity index (χ2v) is 11.5. The van der Waals surface area contributed by atoms with Crippen molar-refractivity contribution in [3.05, 3.63) is 105 Å². The average molecular weight is 688 g/mol. The summed E-state index contributed by atoms with van der Waals surface area (Å²) < 4.78 is 32.1. The van der Waals surface area contributed by atoms with Crippen molar-refractivity contribution in [2.24, 2.45) is 0 Å². The number of non-ortho nitro benzene ring substituents is 1. The van der Waals surface area contributed by atoms with E-state index in [4.69, 9.17) is 25.8 Å². The zero-order valence-corrected chi connectivity index (χ0v) is 27.1. The van der Waals surface area contributed by atoms with Crippen molar-refractivity contribution < 1.29 is 28.3 Å². The molecule has 0 unspecified atom stereocenters. The first-order valence-electron chi connectivity index (χ1n) is 15.4. The van der Waals surface area contributed by atoms with E-state index in [2.05, 4.69) is 30.5 Å². The Morgan fingerprint density at radius 2 is 1.90 bits per heavy atom. The van der Waals surface area contributed by atoms with Gasteiger partial charge in [-0.2, -0.15) is 0 Å². The number of carbonyl (C=O) groups excluding carboxylic acids is 1. The van der Waals surface area contributed by atoms with E-state index in [-0.39, 0.29) is 11.4 Å². The maximum atomic E-state index is 14.7. The lowest BCUT2D eigenvalue weighted by molar-refractivity contribution is -0.384. The van der Waals surface area contributed by atoms with Crippen LogP contribution in [0.5, 0.6) is 17.2 Å². The summed E-state index contributed by atoms with van der Waals surface area (Å²) in [5, 5.41) is 18.0. The minimum atomic E-state index is -0.912. The molecule has 6 rings (SSSR count). The van der Waals surface area contributed by atoms with Gasteiger partial charge in [0.1, 0.15) is 35.2 Å². The lowest BCUT2D eigenvalue weighted by atomic mass is 10.1. The van der Waals surface area contributed by atoms with Crippen LogP contribution in [-0.4, -0.2) is 70.1 Å². The molecular weight excluding hydrogens is 657 g/mol. The maximum absolute atomic E-state index is 14.7. The molecule has 1 amide bonds. The number of fused-ring (bicyclic) bond motifs is 1. The van der Waals surface area contributed by atoms with Gasteiger partial charge in [0.05, 0.1) is 52.7 Å². The van der Waals surface area contributed by atoms with Crippen molar-refractivity contribution >= 4 is 51.3 Å². The van der Waals surface area contributed by atoms with Crippen molar-refractivity contribution in [1.29, 1.82) is 0 Å². The van der Waals surface area contributed by atoms with Crippen LogP contribution >= 0.6 is 11.6 Å². The van der Waals surface area contributed by atoms with Crippen LogP contribution in [0, 0.1) is 22.9 Å². The molecule has 0 bridgehead atoms. The van der Waals surface area contributed by atoms with Crippen LogP contribution in [0.1, 0.15) is 22.5 Å². The number of amides is 1. The molecular formula is C34H31ClFN7O6. The molecule has 3 aromatic carbocycles. The number of pyridine rings is 1. The Kier molecular flexibility index (Phi) is 10.4. The molecule has 0 aliphatic carbocycles. The van der Waals surface area contributed by atoms with Crippen molar-refractivity contribution in [2.75, 3.05) is 50.1 Å². The van der Waals surface area contributed by atoms with Gasteiger partial charge in [0, 0.05) is 54.6 Å². The number of morpholine rings is 1. The summed E-state index contributed by atoms with van der Waals surface area (Å²) in [5.74, 6) is -0.170. The highest BCUT2D eigenvalue weighted by atomic mass is 35.5. The van der Waals surface area contributed by atoms with Gasteiger partial charge in [-0.3, -0.25) is 24.8 Å². The Hall–Kier alpha value is -5.44. The Morgan fingerprint density at radius 3 is 2.65 bits per heavy atom. The molecule has 1 fully saturated rings. The summed E-state index contributed by atoms with van der Waals surface area (Å²) >= 11 is 6.55. The average Bonchev–Trinajstić information content (AvgIpc) is 3.09. The molecule has 0 spiro atoms. The first-order valence-corrected chi connectivity index (χ1v) is 15.8. The monoisotopic (exact) mass is 687 g/mol. The number of ether oxygens (including phenoxy) is 3. The Balaban J connectivity index is 1.27. The van der Waals surface area contributed by atoms with Gasteiger partial charge < -0.3 is 24.8 Å². The Bertz CT molecular complexity index is 1990. The number of nitrogens with one attached hydrogen (secondary N) is 2. The normalized spacial score (nSPS) is 13.2. The number of aromatic nitrogens is 3. The van der Waals surface area contributed by atoms with Gasteiger partial charge in [0.25, 0.3) is 11.6 Å².